The van der Waals surface area contributed by atoms with Gasteiger partial charge in [-0.15, -0.1) is 0 Å². The quantitative estimate of drug-likeness (QED) is 0.392. The van der Waals surface area contributed by atoms with Crippen molar-refractivity contribution in [3.05, 3.63) is 0 Å². The summed E-state index contributed by atoms with van der Waals surface area (Å²) in [6.45, 7) is 0. The van der Waals surface area contributed by atoms with E-state index in [4.69, 9.17) is 28.4 Å². The Kier molecular flexibility index (Phi) is 6.79. The van der Waals surface area contributed by atoms with E-state index in [9.17, 15) is 19.8 Å². The topological polar surface area (TPSA) is 143 Å². The van der Waals surface area contributed by atoms with E-state index in [0.717, 1.165) is 38.5 Å². The Morgan fingerprint density at radius 3 is 1.78 bits per heavy atom. The Bertz CT molecular complexity index is 894. The number of aliphatic hydroxyl groups excluding tert-OH is 2. The van der Waals surface area contributed by atoms with Crippen molar-refractivity contribution >= 4 is 11.9 Å². The molecule has 0 aromatic carbocycles. The number of hydrogen-bond acceptors (Lipinski definition) is 11. The molecule has 4 bridgehead atoms. The number of hydrogen-bond donors (Lipinski definition) is 2. The lowest BCUT2D eigenvalue weighted by atomic mass is 9.76. The third-order valence-corrected chi connectivity index (χ3v) is 9.36. The number of ether oxygens (including phenoxy) is 7. The molecule has 2 spiro atoms. The van der Waals surface area contributed by atoms with Gasteiger partial charge in [0.15, 0.2) is 0 Å². The number of fused-ring (bicyclic) bond motifs is 4. The first kappa shape index (κ1) is 25.9. The average molecular weight is 527 g/mol. The van der Waals surface area contributed by atoms with Gasteiger partial charge in [-0.1, -0.05) is 0 Å². The SMILES string of the molecule is COC(=O)C[C@H]1CC[C@@H]2O[C@@H]3C[C@]2(C[C@@H](O)C3O)O1.COC(=O)C[C@H]1CC[C@@H]2O[C@@H]3C[C@]2(C[C@H]2O[C@H]23)O1. The second-order valence-electron chi connectivity index (χ2n) is 11.7. The smallest absolute Gasteiger partial charge is 0.308 e. The predicted octanol–water partition coefficient (Wildman–Crippen LogP) is 0.546. The molecule has 208 valence electrons. The summed E-state index contributed by atoms with van der Waals surface area (Å²) in [5.74, 6) is -0.478. The van der Waals surface area contributed by atoms with E-state index in [0.29, 0.717) is 31.5 Å². The molecular weight excluding hydrogens is 488 g/mol. The monoisotopic (exact) mass is 526 g/mol. The van der Waals surface area contributed by atoms with Crippen LogP contribution in [0.3, 0.4) is 0 Å². The van der Waals surface area contributed by atoms with Crippen LogP contribution in [0.5, 0.6) is 0 Å². The summed E-state index contributed by atoms with van der Waals surface area (Å²) in [5.41, 5.74) is -0.737. The maximum atomic E-state index is 11.4. The molecule has 2 saturated carbocycles. The highest BCUT2D eigenvalue weighted by Gasteiger charge is 2.66. The van der Waals surface area contributed by atoms with Gasteiger partial charge in [-0.25, -0.2) is 0 Å². The number of aliphatic hydroxyl groups is 2. The minimum absolute atomic E-state index is 0.0219. The molecule has 37 heavy (non-hydrogen) atoms. The molecule has 5 heterocycles. The van der Waals surface area contributed by atoms with Crippen LogP contribution in [0.1, 0.15) is 64.2 Å². The first-order chi connectivity index (χ1) is 17.7. The first-order valence-electron chi connectivity index (χ1n) is 13.6. The lowest BCUT2D eigenvalue weighted by Gasteiger charge is -2.44. The molecule has 2 N–H and O–H groups in total. The van der Waals surface area contributed by atoms with Gasteiger partial charge in [-0.2, -0.15) is 0 Å². The van der Waals surface area contributed by atoms with Crippen LogP contribution in [0.2, 0.25) is 0 Å². The van der Waals surface area contributed by atoms with Crippen LogP contribution in [0, 0.1) is 0 Å². The summed E-state index contributed by atoms with van der Waals surface area (Å²) in [7, 11) is 2.78. The zero-order valence-electron chi connectivity index (χ0n) is 21.4. The molecule has 0 radical (unpaired) electrons. The largest absolute Gasteiger partial charge is 0.469 e. The summed E-state index contributed by atoms with van der Waals surface area (Å²) in [4.78, 5) is 22.7. The maximum absolute atomic E-state index is 11.4. The Morgan fingerprint density at radius 2 is 1.22 bits per heavy atom. The van der Waals surface area contributed by atoms with Crippen molar-refractivity contribution in [2.24, 2.45) is 0 Å². The summed E-state index contributed by atoms with van der Waals surface area (Å²) >= 11 is 0. The highest BCUT2D eigenvalue weighted by atomic mass is 16.7. The fraction of sp³-hybridized carbons (Fsp3) is 0.923. The van der Waals surface area contributed by atoms with Crippen molar-refractivity contribution in [1.29, 1.82) is 0 Å². The maximum Gasteiger partial charge on any atom is 0.308 e. The molecule has 0 amide bonds. The van der Waals surface area contributed by atoms with Gasteiger partial charge >= 0.3 is 11.9 Å². The minimum atomic E-state index is -0.834. The zero-order chi connectivity index (χ0) is 25.9. The molecule has 7 rings (SSSR count). The Morgan fingerprint density at radius 1 is 0.730 bits per heavy atom. The molecule has 2 aliphatic carbocycles. The van der Waals surface area contributed by atoms with Gasteiger partial charge in [0.05, 0.1) is 87.1 Å². The summed E-state index contributed by atoms with van der Waals surface area (Å²) in [5, 5.41) is 19.8. The Hall–Kier alpha value is -1.34. The van der Waals surface area contributed by atoms with Gasteiger partial charge in [-0.3, -0.25) is 9.59 Å². The molecule has 0 aromatic heterocycles. The summed E-state index contributed by atoms with van der Waals surface area (Å²) in [6, 6.07) is 0. The molecule has 11 nitrogen and oxygen atoms in total. The molecule has 5 aliphatic heterocycles. The van der Waals surface area contributed by atoms with Crippen LogP contribution in [-0.4, -0.2) is 109 Å². The van der Waals surface area contributed by atoms with E-state index < -0.39 is 17.8 Å². The summed E-state index contributed by atoms with van der Waals surface area (Å²) < 4.78 is 39.1. The fourth-order valence-electron chi connectivity index (χ4n) is 7.53. The second kappa shape index (κ2) is 9.69. The van der Waals surface area contributed by atoms with E-state index in [1.165, 1.54) is 14.2 Å². The molecule has 11 heteroatoms. The number of rotatable bonds is 4. The van der Waals surface area contributed by atoms with Crippen molar-refractivity contribution in [1.82, 2.24) is 0 Å². The second-order valence-corrected chi connectivity index (χ2v) is 11.7. The molecule has 7 aliphatic rings. The molecule has 1 unspecified atom stereocenters. The Balaban J connectivity index is 0.000000136. The summed E-state index contributed by atoms with van der Waals surface area (Å²) in [6.07, 6.45) is 5.53. The van der Waals surface area contributed by atoms with E-state index >= 15 is 0 Å². The van der Waals surface area contributed by atoms with Crippen molar-refractivity contribution < 1.29 is 53.0 Å². The van der Waals surface area contributed by atoms with Crippen LogP contribution in [0.4, 0.5) is 0 Å². The molecule has 12 atom stereocenters. The van der Waals surface area contributed by atoms with Crippen molar-refractivity contribution in [2.75, 3.05) is 14.2 Å². The zero-order valence-corrected chi connectivity index (χ0v) is 21.4. The standard InChI is InChI=1S/C13H20O6.C13H18O5/c1-17-11(15)4-7-2-3-10-13(19-7)5-8(14)12(16)9(6-13)18-10;1-15-11(14)4-7-2-3-10-13(18-7)5-8(16-10)12-9(6-13)17-12/h7-10,12,14,16H,2-6H2,1H3;7-10,12H,2-6H2,1H3/t7-,8-,9-,10+,12?,13+;7-,8-,9-,10+,12+,13-/m11/s1. The molecular formula is C26H38O11. The lowest BCUT2D eigenvalue weighted by molar-refractivity contribution is -0.184. The first-order valence-corrected chi connectivity index (χ1v) is 13.6. The number of methoxy groups -OCH3 is 2. The number of carbonyl (C=O) groups is 2. The van der Waals surface area contributed by atoms with E-state index in [1.54, 1.807) is 0 Å². The van der Waals surface area contributed by atoms with Gasteiger partial charge < -0.3 is 43.4 Å². The van der Waals surface area contributed by atoms with E-state index in [1.807, 2.05) is 0 Å². The van der Waals surface area contributed by atoms with E-state index in [2.05, 4.69) is 4.74 Å². The van der Waals surface area contributed by atoms with Crippen LogP contribution < -0.4 is 0 Å². The van der Waals surface area contributed by atoms with Crippen LogP contribution in [0.15, 0.2) is 0 Å². The van der Waals surface area contributed by atoms with Gasteiger partial charge in [0.2, 0.25) is 0 Å². The van der Waals surface area contributed by atoms with Gasteiger partial charge in [0.1, 0.15) is 12.2 Å². The Labute approximate surface area is 216 Å². The molecule has 5 saturated heterocycles. The number of epoxide rings is 1. The van der Waals surface area contributed by atoms with Gasteiger partial charge in [0, 0.05) is 25.7 Å². The fourth-order valence-corrected chi connectivity index (χ4v) is 7.53. The average Bonchev–Trinajstić information content (AvgIpc) is 3.47. The number of esters is 2. The van der Waals surface area contributed by atoms with Crippen molar-refractivity contribution in [3.8, 4) is 0 Å². The van der Waals surface area contributed by atoms with Crippen LogP contribution >= 0.6 is 0 Å². The van der Waals surface area contributed by atoms with Crippen molar-refractivity contribution in [2.45, 2.75) is 136 Å². The van der Waals surface area contributed by atoms with Crippen LogP contribution in [0.25, 0.3) is 0 Å². The molecule has 0 aromatic rings. The third-order valence-electron chi connectivity index (χ3n) is 9.36. The highest BCUT2D eigenvalue weighted by molar-refractivity contribution is 5.70. The van der Waals surface area contributed by atoms with Crippen molar-refractivity contribution in [3.63, 3.8) is 0 Å². The van der Waals surface area contributed by atoms with Gasteiger partial charge in [0.25, 0.3) is 0 Å². The molecule has 7 fully saturated rings. The van der Waals surface area contributed by atoms with E-state index in [-0.39, 0.29) is 60.6 Å². The lowest BCUT2D eigenvalue weighted by Crippen LogP contribution is -2.54. The number of carbonyl (C=O) groups excluding carboxylic acids is 2. The highest BCUT2D eigenvalue weighted by Crippen LogP contribution is 2.55. The minimum Gasteiger partial charge on any atom is -0.469 e. The predicted molar refractivity (Wildman–Crippen MR) is 123 cm³/mol. The van der Waals surface area contributed by atoms with Crippen LogP contribution in [-0.2, 0) is 42.7 Å². The normalized spacial score (nSPS) is 50.5. The third kappa shape index (κ3) is 4.70. The van der Waals surface area contributed by atoms with Gasteiger partial charge in [-0.05, 0) is 25.7 Å².